The summed E-state index contributed by atoms with van der Waals surface area (Å²) in [5.74, 6) is -2.26. The monoisotopic (exact) mass is 685 g/mol. The third-order valence-electron chi connectivity index (χ3n) is 12.8. The van der Waals surface area contributed by atoms with E-state index in [1.807, 2.05) is 12.1 Å². The number of carbonyl (C=O) groups is 2. The fourth-order valence-corrected chi connectivity index (χ4v) is 9.39. The van der Waals surface area contributed by atoms with E-state index < -0.39 is 35.3 Å². The van der Waals surface area contributed by atoms with Gasteiger partial charge >= 0.3 is 11.9 Å². The molecule has 1 unspecified atom stereocenters. The van der Waals surface area contributed by atoms with Crippen LogP contribution in [0.15, 0.2) is 12.1 Å². The van der Waals surface area contributed by atoms with Gasteiger partial charge in [-0.15, -0.1) is 0 Å². The minimum Gasteiger partial charge on any atom is -0.507 e. The van der Waals surface area contributed by atoms with E-state index in [2.05, 4.69) is 128 Å². The van der Waals surface area contributed by atoms with Crippen molar-refractivity contribution in [3.63, 3.8) is 0 Å². The lowest BCUT2D eigenvalue weighted by atomic mass is 9.53. The van der Waals surface area contributed by atoms with Crippen molar-refractivity contribution in [1.29, 1.82) is 0 Å². The summed E-state index contributed by atoms with van der Waals surface area (Å²) >= 11 is 0. The van der Waals surface area contributed by atoms with Gasteiger partial charge in [-0.05, 0) is 159 Å². The van der Waals surface area contributed by atoms with Gasteiger partial charge in [-0.2, -0.15) is 0 Å². The second-order valence-corrected chi connectivity index (χ2v) is 20.3. The smallest absolute Gasteiger partial charge is 0.324 e. The van der Waals surface area contributed by atoms with Gasteiger partial charge in [-0.3, -0.25) is 19.4 Å². The Balaban J connectivity index is 2.33. The largest absolute Gasteiger partial charge is 0.507 e. The Hall–Kier alpha value is -2.12. The van der Waals surface area contributed by atoms with Crippen molar-refractivity contribution in [2.24, 2.45) is 17.3 Å². The molecule has 0 spiro atoms. The number of carboxylic acids is 1. The molecule has 7 heteroatoms. The summed E-state index contributed by atoms with van der Waals surface area (Å²) in [5, 5.41) is 23.2. The first kappa shape index (κ1) is 41.3. The second-order valence-electron chi connectivity index (χ2n) is 20.3. The van der Waals surface area contributed by atoms with Gasteiger partial charge in [0, 0.05) is 22.2 Å². The van der Waals surface area contributed by atoms with Crippen LogP contribution in [0.2, 0.25) is 0 Å². The molecule has 0 aromatic heterocycles. The maximum atomic E-state index is 15.4. The van der Waals surface area contributed by atoms with Crippen molar-refractivity contribution < 1.29 is 24.5 Å². The van der Waals surface area contributed by atoms with Crippen molar-refractivity contribution in [2.45, 2.75) is 188 Å². The van der Waals surface area contributed by atoms with E-state index in [1.165, 1.54) is 0 Å². The number of carboxylic acid groups (broad SMARTS) is 1. The summed E-state index contributed by atoms with van der Waals surface area (Å²) < 4.78 is 6.74. The molecule has 49 heavy (non-hydrogen) atoms. The number of benzene rings is 1. The van der Waals surface area contributed by atoms with Gasteiger partial charge in [-0.25, -0.2) is 0 Å². The molecular weight excluding hydrogens is 612 g/mol. The number of aromatic hydroxyl groups is 1. The molecule has 0 amide bonds. The standard InChI is InChI=1S/C42H72N2O5/c1-18-19-20-32(27-21-30(36(2,3)4)33(45)31(22-27)37(5,6)7)49-35(48)42(34(46)47,28-23-38(8,9)43(16)39(10,11)24-28)29-25-40(12,13)44(17)41(14,15)26-29/h21-22,28-29,32,45H,18-20,23-26H2,1-17H3,(H,46,47). The molecule has 1 aromatic rings. The fraction of sp³-hybridized carbons (Fsp3) is 0.810. The van der Waals surface area contributed by atoms with Crippen LogP contribution in [0.5, 0.6) is 5.75 Å². The van der Waals surface area contributed by atoms with Crippen LogP contribution >= 0.6 is 0 Å². The Morgan fingerprint density at radius 1 is 0.776 bits per heavy atom. The highest BCUT2D eigenvalue weighted by molar-refractivity contribution is 6.00. The molecule has 0 bridgehead atoms. The zero-order chi connectivity index (χ0) is 37.9. The number of unbranched alkanes of at least 4 members (excludes halogenated alkanes) is 1. The number of phenolic OH excluding ortho intramolecular Hbond substituents is 1. The average Bonchev–Trinajstić information content (AvgIpc) is 2.91. The number of carbonyl (C=O) groups excluding carboxylic acids is 1. The number of hydrogen-bond donors (Lipinski definition) is 2. The zero-order valence-electron chi connectivity index (χ0n) is 34.4. The number of phenols is 1. The number of ether oxygens (including phenoxy) is 1. The third-order valence-corrected chi connectivity index (χ3v) is 12.8. The van der Waals surface area contributed by atoms with Gasteiger partial charge in [0.2, 0.25) is 0 Å². The molecule has 1 atom stereocenters. The van der Waals surface area contributed by atoms with Gasteiger partial charge in [-0.1, -0.05) is 54.9 Å². The Morgan fingerprint density at radius 2 is 1.12 bits per heavy atom. The van der Waals surface area contributed by atoms with Crippen LogP contribution in [0.1, 0.15) is 172 Å². The Kier molecular flexibility index (Phi) is 11.3. The lowest BCUT2D eigenvalue weighted by Crippen LogP contribution is -2.67. The molecule has 0 saturated carbocycles. The van der Waals surface area contributed by atoms with E-state index in [4.69, 9.17) is 4.74 Å². The molecular formula is C42H72N2O5. The highest BCUT2D eigenvalue weighted by atomic mass is 16.5. The second kappa shape index (κ2) is 13.5. The predicted octanol–water partition coefficient (Wildman–Crippen LogP) is 9.63. The SMILES string of the molecule is CCCCC(OC(=O)C(C(=O)O)(C1CC(C)(C)N(C)C(C)(C)C1)C1CC(C)(C)N(C)C(C)(C)C1)c1cc(C(C)(C)C)c(O)c(C(C)(C)C)c1. The van der Waals surface area contributed by atoms with Crippen LogP contribution in [0.25, 0.3) is 0 Å². The van der Waals surface area contributed by atoms with E-state index in [1.54, 1.807) is 0 Å². The summed E-state index contributed by atoms with van der Waals surface area (Å²) in [5.41, 5.74) is -1.35. The number of esters is 1. The maximum absolute atomic E-state index is 15.4. The van der Waals surface area contributed by atoms with Crippen LogP contribution in [0, 0.1) is 17.3 Å². The third kappa shape index (κ3) is 7.88. The van der Waals surface area contributed by atoms with E-state index in [0.29, 0.717) is 32.1 Å². The number of aliphatic carboxylic acids is 1. The average molecular weight is 685 g/mol. The van der Waals surface area contributed by atoms with Crippen molar-refractivity contribution in [1.82, 2.24) is 9.80 Å². The zero-order valence-corrected chi connectivity index (χ0v) is 34.4. The summed E-state index contributed by atoms with van der Waals surface area (Å²) in [7, 11) is 4.23. The summed E-state index contributed by atoms with van der Waals surface area (Å²) in [6.07, 6.45) is 3.94. The van der Waals surface area contributed by atoms with Crippen LogP contribution in [0.4, 0.5) is 0 Å². The predicted molar refractivity (Wildman–Crippen MR) is 201 cm³/mol. The summed E-state index contributed by atoms with van der Waals surface area (Å²) in [6.45, 7) is 31.9. The van der Waals surface area contributed by atoms with Crippen molar-refractivity contribution >= 4 is 11.9 Å². The lowest BCUT2D eigenvalue weighted by molar-refractivity contribution is -0.197. The molecule has 2 saturated heterocycles. The molecule has 0 radical (unpaired) electrons. The topological polar surface area (TPSA) is 90.3 Å². The van der Waals surface area contributed by atoms with Gasteiger partial charge < -0.3 is 14.9 Å². The van der Waals surface area contributed by atoms with E-state index in [0.717, 1.165) is 29.5 Å². The maximum Gasteiger partial charge on any atom is 0.324 e. The molecule has 0 aliphatic carbocycles. The van der Waals surface area contributed by atoms with E-state index >= 15 is 4.79 Å². The van der Waals surface area contributed by atoms with Crippen molar-refractivity contribution in [2.75, 3.05) is 14.1 Å². The Labute approximate surface area is 299 Å². The highest BCUT2D eigenvalue weighted by Crippen LogP contribution is 2.57. The first-order valence-electron chi connectivity index (χ1n) is 18.8. The first-order valence-corrected chi connectivity index (χ1v) is 18.8. The van der Waals surface area contributed by atoms with Gasteiger partial charge in [0.1, 0.15) is 11.9 Å². The minimum atomic E-state index is -1.74. The minimum absolute atomic E-state index is 0.274. The molecule has 1 aromatic carbocycles. The number of piperidine rings is 2. The Morgan fingerprint density at radius 3 is 1.41 bits per heavy atom. The van der Waals surface area contributed by atoms with Crippen LogP contribution < -0.4 is 0 Å². The van der Waals surface area contributed by atoms with Gasteiger partial charge in [0.25, 0.3) is 0 Å². The Bertz CT molecular complexity index is 1260. The highest BCUT2D eigenvalue weighted by Gasteiger charge is 2.65. The molecule has 7 nitrogen and oxygen atoms in total. The summed E-state index contributed by atoms with van der Waals surface area (Å²) in [4.78, 5) is 34.4. The normalized spacial score (nSPS) is 22.9. The molecule has 3 rings (SSSR count). The molecule has 2 aliphatic rings. The quantitative estimate of drug-likeness (QED) is 0.198. The molecule has 2 aliphatic heterocycles. The number of nitrogens with zero attached hydrogens (tertiary/aromatic N) is 2. The van der Waals surface area contributed by atoms with Crippen molar-refractivity contribution in [3.8, 4) is 5.75 Å². The number of likely N-dealkylation sites (tertiary alicyclic amines) is 2. The van der Waals surface area contributed by atoms with Crippen LogP contribution in [0.3, 0.4) is 0 Å². The van der Waals surface area contributed by atoms with E-state index in [-0.39, 0.29) is 38.7 Å². The van der Waals surface area contributed by atoms with E-state index in [9.17, 15) is 15.0 Å². The lowest BCUT2D eigenvalue weighted by Gasteiger charge is -2.60. The van der Waals surface area contributed by atoms with Crippen LogP contribution in [-0.2, 0) is 25.2 Å². The first-order chi connectivity index (χ1) is 22.0. The molecule has 280 valence electrons. The number of rotatable bonds is 9. The molecule has 2 fully saturated rings. The molecule has 2 heterocycles. The van der Waals surface area contributed by atoms with Gasteiger partial charge in [0.05, 0.1) is 0 Å². The number of hydrogen-bond acceptors (Lipinski definition) is 6. The van der Waals surface area contributed by atoms with Crippen LogP contribution in [-0.4, -0.2) is 68.2 Å². The van der Waals surface area contributed by atoms with Gasteiger partial charge in [0.15, 0.2) is 5.41 Å². The fourth-order valence-electron chi connectivity index (χ4n) is 9.39. The summed E-state index contributed by atoms with van der Waals surface area (Å²) in [6, 6.07) is 3.98. The molecule has 2 N–H and O–H groups in total. The van der Waals surface area contributed by atoms with Crippen molar-refractivity contribution in [3.05, 3.63) is 28.8 Å².